The van der Waals surface area contributed by atoms with E-state index in [4.69, 9.17) is 4.74 Å². The fourth-order valence-corrected chi connectivity index (χ4v) is 2.11. The Morgan fingerprint density at radius 2 is 1.63 bits per heavy atom. The second-order valence-electron chi connectivity index (χ2n) is 3.97. The van der Waals surface area contributed by atoms with Crippen LogP contribution in [0.15, 0.2) is 54.6 Å². The molecular formula is C16H14O2S. The van der Waals surface area contributed by atoms with Gasteiger partial charge >= 0.3 is 0 Å². The van der Waals surface area contributed by atoms with Crippen LogP contribution < -0.4 is 4.74 Å². The van der Waals surface area contributed by atoms with Crippen LogP contribution in [-0.4, -0.2) is 13.4 Å². The number of rotatable bonds is 4. The lowest BCUT2D eigenvalue weighted by Gasteiger charge is -2.07. The van der Waals surface area contributed by atoms with Gasteiger partial charge in [0.15, 0.2) is 6.29 Å². The molecule has 0 N–H and O–H groups in total. The standard InChI is InChI=1S/C16H14O2S/c1-18-14-9-7-12(8-10-14)15(11-17)16(19)13-5-3-2-4-6-13/h2-11,19H,1H3. The van der Waals surface area contributed by atoms with Crippen molar-refractivity contribution < 1.29 is 9.53 Å². The number of carbonyl (C=O) groups is 1. The van der Waals surface area contributed by atoms with E-state index in [-0.39, 0.29) is 0 Å². The minimum Gasteiger partial charge on any atom is -0.497 e. The van der Waals surface area contributed by atoms with Gasteiger partial charge in [0.2, 0.25) is 0 Å². The van der Waals surface area contributed by atoms with Gasteiger partial charge in [0.05, 0.1) is 7.11 Å². The van der Waals surface area contributed by atoms with Gasteiger partial charge in [-0.1, -0.05) is 42.5 Å². The van der Waals surface area contributed by atoms with Gasteiger partial charge in [-0.25, -0.2) is 0 Å². The van der Waals surface area contributed by atoms with Gasteiger partial charge in [-0.3, -0.25) is 4.79 Å². The summed E-state index contributed by atoms with van der Waals surface area (Å²) in [6.45, 7) is 0. The molecule has 2 rings (SSSR count). The van der Waals surface area contributed by atoms with Crippen LogP contribution in [0.4, 0.5) is 0 Å². The predicted molar refractivity (Wildman–Crippen MR) is 81.3 cm³/mol. The molecule has 0 unspecified atom stereocenters. The van der Waals surface area contributed by atoms with Gasteiger partial charge in [-0.15, -0.1) is 12.6 Å². The topological polar surface area (TPSA) is 26.3 Å². The number of aldehydes is 1. The number of hydrogen-bond donors (Lipinski definition) is 1. The number of allylic oxidation sites excluding steroid dienone is 1. The first-order valence-corrected chi connectivity index (χ1v) is 6.29. The highest BCUT2D eigenvalue weighted by molar-refractivity contribution is 7.91. The minimum atomic E-state index is 0.567. The molecule has 0 fully saturated rings. The number of benzene rings is 2. The van der Waals surface area contributed by atoms with E-state index in [1.165, 1.54) is 0 Å². The first-order valence-electron chi connectivity index (χ1n) is 5.84. The zero-order chi connectivity index (χ0) is 13.7. The summed E-state index contributed by atoms with van der Waals surface area (Å²) in [5.41, 5.74) is 2.31. The summed E-state index contributed by atoms with van der Waals surface area (Å²) in [7, 11) is 1.61. The number of ether oxygens (including phenoxy) is 1. The van der Waals surface area contributed by atoms with E-state index < -0.39 is 0 Å². The second-order valence-corrected chi connectivity index (χ2v) is 4.42. The predicted octanol–water partition coefficient (Wildman–Crippen LogP) is 3.69. The van der Waals surface area contributed by atoms with Crippen molar-refractivity contribution in [1.29, 1.82) is 0 Å². The van der Waals surface area contributed by atoms with Gasteiger partial charge in [-0.05, 0) is 23.3 Å². The third kappa shape index (κ3) is 3.06. The summed E-state index contributed by atoms with van der Waals surface area (Å²) in [6.07, 6.45) is 0.830. The maximum Gasteiger partial charge on any atom is 0.151 e. The van der Waals surface area contributed by atoms with Crippen molar-refractivity contribution in [3.05, 3.63) is 65.7 Å². The molecule has 0 bridgehead atoms. The van der Waals surface area contributed by atoms with E-state index in [0.29, 0.717) is 10.5 Å². The van der Waals surface area contributed by atoms with Crippen molar-refractivity contribution in [3.63, 3.8) is 0 Å². The van der Waals surface area contributed by atoms with E-state index in [9.17, 15) is 4.79 Å². The number of hydrogen-bond acceptors (Lipinski definition) is 3. The molecule has 0 heterocycles. The van der Waals surface area contributed by atoms with Crippen molar-refractivity contribution in [2.45, 2.75) is 0 Å². The lowest BCUT2D eigenvalue weighted by molar-refractivity contribution is -0.103. The molecule has 19 heavy (non-hydrogen) atoms. The zero-order valence-electron chi connectivity index (χ0n) is 10.5. The van der Waals surface area contributed by atoms with Crippen molar-refractivity contribution in [3.8, 4) is 5.75 Å². The third-order valence-corrected chi connectivity index (χ3v) is 3.32. The molecule has 0 amide bonds. The Labute approximate surface area is 118 Å². The molecule has 2 aromatic rings. The minimum absolute atomic E-state index is 0.567. The van der Waals surface area contributed by atoms with E-state index in [0.717, 1.165) is 23.2 Å². The van der Waals surface area contributed by atoms with E-state index in [1.807, 2.05) is 54.6 Å². The number of thiol groups is 1. The average Bonchev–Trinajstić information content (AvgIpc) is 2.49. The highest BCUT2D eigenvalue weighted by atomic mass is 32.1. The summed E-state index contributed by atoms with van der Waals surface area (Å²) in [5, 5.41) is 0. The molecule has 0 aromatic heterocycles. The lowest BCUT2D eigenvalue weighted by atomic mass is 10.0. The normalized spacial score (nSPS) is 11.7. The van der Waals surface area contributed by atoms with Crippen LogP contribution in [0.5, 0.6) is 5.75 Å². The molecule has 0 atom stereocenters. The van der Waals surface area contributed by atoms with Crippen LogP contribution in [0.25, 0.3) is 10.5 Å². The Bertz CT molecular complexity index is 586. The summed E-state index contributed by atoms with van der Waals surface area (Å²) in [4.78, 5) is 12.0. The molecule has 3 heteroatoms. The van der Waals surface area contributed by atoms with Crippen LogP contribution in [-0.2, 0) is 4.79 Å². The molecule has 0 aliphatic heterocycles. The fourth-order valence-electron chi connectivity index (χ4n) is 1.78. The van der Waals surface area contributed by atoms with Gasteiger partial charge in [-0.2, -0.15) is 0 Å². The third-order valence-electron chi connectivity index (χ3n) is 2.82. The van der Waals surface area contributed by atoms with Crippen molar-refractivity contribution in [2.75, 3.05) is 7.11 Å². The van der Waals surface area contributed by atoms with Crippen LogP contribution in [0.2, 0.25) is 0 Å². The Kier molecular flexibility index (Phi) is 4.42. The first kappa shape index (κ1) is 13.4. The maximum atomic E-state index is 11.3. The van der Waals surface area contributed by atoms with E-state index >= 15 is 0 Å². The number of methoxy groups -OCH3 is 1. The van der Waals surface area contributed by atoms with Gasteiger partial charge in [0.25, 0.3) is 0 Å². The molecule has 0 spiro atoms. The lowest BCUT2D eigenvalue weighted by Crippen LogP contribution is -1.90. The zero-order valence-corrected chi connectivity index (χ0v) is 11.4. The summed E-state index contributed by atoms with van der Waals surface area (Å²) >= 11 is 4.47. The molecule has 0 aliphatic carbocycles. The Morgan fingerprint density at radius 3 is 2.16 bits per heavy atom. The van der Waals surface area contributed by atoms with Gasteiger partial charge < -0.3 is 4.74 Å². The summed E-state index contributed by atoms with van der Waals surface area (Å²) in [6, 6.07) is 17.0. The smallest absolute Gasteiger partial charge is 0.151 e. The van der Waals surface area contributed by atoms with Crippen LogP contribution in [0, 0.1) is 0 Å². The van der Waals surface area contributed by atoms with Crippen LogP contribution in [0.3, 0.4) is 0 Å². The van der Waals surface area contributed by atoms with E-state index in [1.54, 1.807) is 7.11 Å². The van der Waals surface area contributed by atoms with Crippen LogP contribution in [0.1, 0.15) is 11.1 Å². The Balaban J connectivity index is 2.46. The molecule has 0 saturated carbocycles. The van der Waals surface area contributed by atoms with Crippen molar-refractivity contribution in [2.24, 2.45) is 0 Å². The Hall–Kier alpha value is -2.00. The maximum absolute atomic E-state index is 11.3. The quantitative estimate of drug-likeness (QED) is 0.397. The van der Waals surface area contributed by atoms with Crippen LogP contribution >= 0.6 is 12.6 Å². The second kappa shape index (κ2) is 6.25. The van der Waals surface area contributed by atoms with Gasteiger partial charge in [0, 0.05) is 10.5 Å². The fraction of sp³-hybridized carbons (Fsp3) is 0.0625. The average molecular weight is 270 g/mol. The molecule has 96 valence electrons. The summed E-state index contributed by atoms with van der Waals surface area (Å²) in [5.74, 6) is 0.759. The molecule has 2 nitrogen and oxygen atoms in total. The first-order chi connectivity index (χ1) is 9.26. The Morgan fingerprint density at radius 1 is 1.00 bits per heavy atom. The monoisotopic (exact) mass is 270 g/mol. The highest BCUT2D eigenvalue weighted by Gasteiger charge is 2.07. The number of carbonyl (C=O) groups excluding carboxylic acids is 1. The van der Waals surface area contributed by atoms with Crippen molar-refractivity contribution in [1.82, 2.24) is 0 Å². The molecular weight excluding hydrogens is 256 g/mol. The largest absolute Gasteiger partial charge is 0.497 e. The van der Waals surface area contributed by atoms with Gasteiger partial charge in [0.1, 0.15) is 5.75 Å². The van der Waals surface area contributed by atoms with Crippen molar-refractivity contribution >= 4 is 29.4 Å². The summed E-state index contributed by atoms with van der Waals surface area (Å²) < 4.78 is 5.10. The molecule has 2 aromatic carbocycles. The highest BCUT2D eigenvalue weighted by Crippen LogP contribution is 2.28. The molecule has 0 radical (unpaired) electrons. The van der Waals surface area contributed by atoms with E-state index in [2.05, 4.69) is 12.6 Å². The SMILES string of the molecule is COc1ccc(C(C=O)=C(S)c2ccccc2)cc1. The molecule has 0 aliphatic rings. The molecule has 0 saturated heterocycles.